The minimum Gasteiger partial charge on any atom is -0.367 e. The van der Waals surface area contributed by atoms with E-state index in [4.69, 9.17) is 11.6 Å². The Hall–Kier alpha value is -2.41. The van der Waals surface area contributed by atoms with Crippen LogP contribution in [0, 0.1) is 17.5 Å². The Balaban J connectivity index is 1.62. The summed E-state index contributed by atoms with van der Waals surface area (Å²) in [6.07, 6.45) is 0. The fraction of sp³-hybridized carbons (Fsp3) is 0.235. The number of piperazine rings is 1. The van der Waals surface area contributed by atoms with E-state index >= 15 is 0 Å². The van der Waals surface area contributed by atoms with E-state index in [1.165, 1.54) is 4.90 Å². The molecule has 0 radical (unpaired) electrons. The summed E-state index contributed by atoms with van der Waals surface area (Å²) < 4.78 is 39.8. The molecule has 0 aromatic heterocycles. The van der Waals surface area contributed by atoms with E-state index in [1.54, 1.807) is 6.07 Å². The van der Waals surface area contributed by atoms with Gasteiger partial charge in [-0.1, -0.05) is 23.7 Å². The lowest BCUT2D eigenvalue weighted by atomic mass is 10.2. The first-order valence-electron chi connectivity index (χ1n) is 7.66. The summed E-state index contributed by atoms with van der Waals surface area (Å²) in [6, 6.07) is 8.60. The van der Waals surface area contributed by atoms with Gasteiger partial charge < -0.3 is 15.1 Å². The van der Waals surface area contributed by atoms with Crippen LogP contribution < -0.4 is 10.2 Å². The molecule has 3 rings (SSSR count). The van der Waals surface area contributed by atoms with E-state index in [0.717, 1.165) is 17.8 Å². The number of nitrogens with zero attached hydrogens (tertiary/aromatic N) is 2. The van der Waals surface area contributed by atoms with E-state index in [9.17, 15) is 18.0 Å². The van der Waals surface area contributed by atoms with Crippen molar-refractivity contribution in [1.29, 1.82) is 0 Å². The molecule has 2 amide bonds. The van der Waals surface area contributed by atoms with Gasteiger partial charge in [-0.05, 0) is 24.3 Å². The molecule has 0 saturated carbocycles. The van der Waals surface area contributed by atoms with Crippen LogP contribution in [0.5, 0.6) is 0 Å². The van der Waals surface area contributed by atoms with Gasteiger partial charge in [0.1, 0.15) is 0 Å². The predicted molar refractivity (Wildman–Crippen MR) is 90.6 cm³/mol. The summed E-state index contributed by atoms with van der Waals surface area (Å²) in [5, 5.41) is 2.90. The number of rotatable bonds is 2. The van der Waals surface area contributed by atoms with Crippen LogP contribution in [0.25, 0.3) is 0 Å². The summed E-state index contributed by atoms with van der Waals surface area (Å²) in [4.78, 5) is 15.7. The summed E-state index contributed by atoms with van der Waals surface area (Å²) >= 11 is 6.17. The van der Waals surface area contributed by atoms with Gasteiger partial charge in [-0.15, -0.1) is 0 Å². The SMILES string of the molecule is O=C(Nc1ccc(F)c(F)c1F)N1CCN(c2ccccc2Cl)CC1. The van der Waals surface area contributed by atoms with Crippen LogP contribution in [-0.2, 0) is 0 Å². The molecule has 0 atom stereocenters. The summed E-state index contributed by atoms with van der Waals surface area (Å²) in [7, 11) is 0. The van der Waals surface area contributed by atoms with E-state index in [-0.39, 0.29) is 0 Å². The third kappa shape index (κ3) is 3.66. The molecular formula is C17H15ClF3N3O. The number of para-hydroxylation sites is 1. The largest absolute Gasteiger partial charge is 0.367 e. The molecule has 4 nitrogen and oxygen atoms in total. The zero-order valence-corrected chi connectivity index (χ0v) is 13.9. The summed E-state index contributed by atoms with van der Waals surface area (Å²) in [5.74, 6) is -4.33. The van der Waals surface area contributed by atoms with Crippen LogP contribution >= 0.6 is 11.6 Å². The average Bonchev–Trinajstić information content (AvgIpc) is 2.63. The third-order valence-corrected chi connectivity index (χ3v) is 4.36. The van der Waals surface area contributed by atoms with Crippen LogP contribution in [0.1, 0.15) is 0 Å². The van der Waals surface area contributed by atoms with Crippen molar-refractivity contribution >= 4 is 29.0 Å². The lowest BCUT2D eigenvalue weighted by Gasteiger charge is -2.36. The number of urea groups is 1. The number of benzene rings is 2. The smallest absolute Gasteiger partial charge is 0.322 e. The number of carbonyl (C=O) groups is 1. The van der Waals surface area contributed by atoms with Crippen LogP contribution in [0.4, 0.5) is 29.3 Å². The first-order valence-corrected chi connectivity index (χ1v) is 8.04. The van der Waals surface area contributed by atoms with E-state index in [2.05, 4.69) is 5.32 Å². The van der Waals surface area contributed by atoms with E-state index in [0.29, 0.717) is 31.2 Å². The molecule has 25 heavy (non-hydrogen) atoms. The maximum absolute atomic E-state index is 13.6. The Bertz CT molecular complexity index is 795. The minimum atomic E-state index is -1.61. The number of halogens is 4. The second-order valence-corrected chi connectivity index (χ2v) is 5.99. The van der Waals surface area contributed by atoms with Gasteiger partial charge in [-0.25, -0.2) is 18.0 Å². The molecule has 2 aromatic carbocycles. The van der Waals surface area contributed by atoms with Crippen LogP contribution in [0.15, 0.2) is 36.4 Å². The van der Waals surface area contributed by atoms with Crippen molar-refractivity contribution in [2.24, 2.45) is 0 Å². The van der Waals surface area contributed by atoms with Crippen molar-refractivity contribution in [3.63, 3.8) is 0 Å². The molecule has 1 fully saturated rings. The molecule has 0 aliphatic carbocycles. The first kappa shape index (κ1) is 17.4. The highest BCUT2D eigenvalue weighted by atomic mass is 35.5. The highest BCUT2D eigenvalue weighted by Crippen LogP contribution is 2.26. The van der Waals surface area contributed by atoms with Crippen molar-refractivity contribution in [2.45, 2.75) is 0 Å². The normalized spacial score (nSPS) is 14.6. The molecule has 132 valence electrons. The van der Waals surface area contributed by atoms with E-state index < -0.39 is 29.2 Å². The molecular weight excluding hydrogens is 355 g/mol. The summed E-state index contributed by atoms with van der Waals surface area (Å²) in [6.45, 7) is 1.89. The molecule has 8 heteroatoms. The molecule has 1 aliphatic heterocycles. The van der Waals surface area contributed by atoms with Crippen LogP contribution in [0.3, 0.4) is 0 Å². The van der Waals surface area contributed by atoms with Crippen molar-refractivity contribution in [3.05, 3.63) is 58.9 Å². The lowest BCUT2D eigenvalue weighted by molar-refractivity contribution is 0.208. The highest BCUT2D eigenvalue weighted by molar-refractivity contribution is 6.33. The second-order valence-electron chi connectivity index (χ2n) is 5.58. The van der Waals surface area contributed by atoms with Gasteiger partial charge in [0.05, 0.1) is 16.4 Å². The molecule has 2 aromatic rings. The Kier molecular flexibility index (Phi) is 5.03. The first-order chi connectivity index (χ1) is 12.0. The van der Waals surface area contributed by atoms with Crippen LogP contribution in [-0.4, -0.2) is 37.1 Å². The second kappa shape index (κ2) is 7.23. The number of hydrogen-bond donors (Lipinski definition) is 1. The molecule has 0 bridgehead atoms. The summed E-state index contributed by atoms with van der Waals surface area (Å²) in [5.41, 5.74) is 0.494. The standard InChI is InChI=1S/C17H15ClF3N3O/c18-11-3-1-2-4-14(11)23-7-9-24(10-8-23)17(25)22-13-6-5-12(19)15(20)16(13)21/h1-6H,7-10H2,(H,22,25). The van der Waals surface area contributed by atoms with Gasteiger partial charge in [0.25, 0.3) is 0 Å². The number of amides is 2. The molecule has 0 unspecified atom stereocenters. The van der Waals surface area contributed by atoms with Gasteiger partial charge in [0, 0.05) is 26.2 Å². The minimum absolute atomic E-state index is 0.391. The number of anilines is 2. The molecule has 0 spiro atoms. The maximum atomic E-state index is 13.6. The van der Waals surface area contributed by atoms with Crippen molar-refractivity contribution in [3.8, 4) is 0 Å². The fourth-order valence-corrected chi connectivity index (χ4v) is 2.93. The highest BCUT2D eigenvalue weighted by Gasteiger charge is 2.24. The number of carbonyl (C=O) groups excluding carboxylic acids is 1. The number of hydrogen-bond acceptors (Lipinski definition) is 2. The van der Waals surface area contributed by atoms with Crippen molar-refractivity contribution in [2.75, 3.05) is 36.4 Å². The topological polar surface area (TPSA) is 35.6 Å². The van der Waals surface area contributed by atoms with E-state index in [1.807, 2.05) is 23.1 Å². The Morgan fingerprint density at radius 2 is 1.64 bits per heavy atom. The zero-order chi connectivity index (χ0) is 18.0. The molecule has 1 saturated heterocycles. The molecule has 1 N–H and O–H groups in total. The lowest BCUT2D eigenvalue weighted by Crippen LogP contribution is -2.50. The Morgan fingerprint density at radius 1 is 0.960 bits per heavy atom. The van der Waals surface area contributed by atoms with Gasteiger partial charge in [-0.3, -0.25) is 0 Å². The maximum Gasteiger partial charge on any atom is 0.322 e. The number of nitrogens with one attached hydrogen (secondary N) is 1. The van der Waals surface area contributed by atoms with Crippen molar-refractivity contribution in [1.82, 2.24) is 4.90 Å². The fourth-order valence-electron chi connectivity index (χ4n) is 2.68. The Labute approximate surface area is 147 Å². The van der Waals surface area contributed by atoms with Gasteiger partial charge >= 0.3 is 6.03 Å². The van der Waals surface area contributed by atoms with Crippen molar-refractivity contribution < 1.29 is 18.0 Å². The monoisotopic (exact) mass is 369 g/mol. The third-order valence-electron chi connectivity index (χ3n) is 4.04. The predicted octanol–water partition coefficient (Wildman–Crippen LogP) is 4.11. The van der Waals surface area contributed by atoms with Gasteiger partial charge in [0.2, 0.25) is 0 Å². The average molecular weight is 370 g/mol. The van der Waals surface area contributed by atoms with Gasteiger partial charge in [-0.2, -0.15) is 0 Å². The molecule has 1 aliphatic rings. The van der Waals surface area contributed by atoms with Gasteiger partial charge in [0.15, 0.2) is 17.5 Å². The molecule has 1 heterocycles. The zero-order valence-electron chi connectivity index (χ0n) is 13.1. The van der Waals surface area contributed by atoms with Crippen LogP contribution in [0.2, 0.25) is 5.02 Å². The Morgan fingerprint density at radius 3 is 2.32 bits per heavy atom. The quantitative estimate of drug-likeness (QED) is 0.809.